The van der Waals surface area contributed by atoms with Gasteiger partial charge in [-0.2, -0.15) is 0 Å². The molecule has 0 spiro atoms. The van der Waals surface area contributed by atoms with Gasteiger partial charge < -0.3 is 9.47 Å². The summed E-state index contributed by atoms with van der Waals surface area (Å²) in [5, 5.41) is 0. The Kier molecular flexibility index (Phi) is 2.75. The van der Waals surface area contributed by atoms with Crippen molar-refractivity contribution in [1.82, 2.24) is 0 Å². The van der Waals surface area contributed by atoms with E-state index in [0.717, 1.165) is 11.3 Å². The molecule has 0 aliphatic carbocycles. The quantitative estimate of drug-likeness (QED) is 0.638. The van der Waals surface area contributed by atoms with Crippen molar-refractivity contribution >= 4 is 5.76 Å². The van der Waals surface area contributed by atoms with Crippen LogP contribution in [-0.4, -0.2) is 14.2 Å². The van der Waals surface area contributed by atoms with Crippen LogP contribution in [0.5, 0.6) is 5.75 Å². The van der Waals surface area contributed by atoms with Crippen molar-refractivity contribution in [2.24, 2.45) is 0 Å². The highest BCUT2D eigenvalue weighted by Crippen LogP contribution is 2.18. The summed E-state index contributed by atoms with van der Waals surface area (Å²) in [6, 6.07) is 7.59. The fourth-order valence-electron chi connectivity index (χ4n) is 0.914. The van der Waals surface area contributed by atoms with Crippen molar-refractivity contribution in [1.29, 1.82) is 0 Å². The van der Waals surface area contributed by atoms with Crippen molar-refractivity contribution < 1.29 is 9.47 Å². The Hall–Kier alpha value is -1.44. The lowest BCUT2D eigenvalue weighted by atomic mass is 10.2. The topological polar surface area (TPSA) is 18.5 Å². The first-order chi connectivity index (χ1) is 5.77. The van der Waals surface area contributed by atoms with Crippen LogP contribution in [0.3, 0.4) is 0 Å². The third-order valence-electron chi connectivity index (χ3n) is 1.64. The number of methoxy groups -OCH3 is 2. The predicted molar refractivity (Wildman–Crippen MR) is 49.0 cm³/mol. The monoisotopic (exact) mass is 164 g/mol. The fraction of sp³-hybridized carbons (Fsp3) is 0.200. The highest BCUT2D eigenvalue weighted by Gasteiger charge is 1.98. The smallest absolute Gasteiger partial charge is 0.119 e. The SMILES string of the molecule is C=C(OC)c1cccc(OC)c1. The molecule has 1 rings (SSSR count). The second-order valence-corrected chi connectivity index (χ2v) is 2.36. The van der Waals surface area contributed by atoms with E-state index in [1.165, 1.54) is 0 Å². The molecule has 0 bridgehead atoms. The maximum atomic E-state index is 5.05. The molecule has 0 saturated carbocycles. The van der Waals surface area contributed by atoms with Gasteiger partial charge in [0.2, 0.25) is 0 Å². The van der Waals surface area contributed by atoms with Crippen LogP contribution in [0.2, 0.25) is 0 Å². The summed E-state index contributed by atoms with van der Waals surface area (Å²) in [6.07, 6.45) is 0. The van der Waals surface area contributed by atoms with E-state index in [-0.39, 0.29) is 0 Å². The maximum Gasteiger partial charge on any atom is 0.119 e. The van der Waals surface area contributed by atoms with E-state index in [1.807, 2.05) is 24.3 Å². The van der Waals surface area contributed by atoms with Gasteiger partial charge in [-0.3, -0.25) is 0 Å². The van der Waals surface area contributed by atoms with Gasteiger partial charge in [0.15, 0.2) is 0 Å². The van der Waals surface area contributed by atoms with Crippen LogP contribution in [0.1, 0.15) is 5.56 Å². The van der Waals surface area contributed by atoms with Crippen LogP contribution in [0.15, 0.2) is 30.8 Å². The van der Waals surface area contributed by atoms with E-state index < -0.39 is 0 Å². The number of benzene rings is 1. The van der Waals surface area contributed by atoms with Crippen LogP contribution < -0.4 is 4.74 Å². The van der Waals surface area contributed by atoms with E-state index in [9.17, 15) is 0 Å². The van der Waals surface area contributed by atoms with Gasteiger partial charge in [0, 0.05) is 5.56 Å². The molecule has 0 heterocycles. The molecule has 0 aromatic heterocycles. The van der Waals surface area contributed by atoms with E-state index in [1.54, 1.807) is 14.2 Å². The third-order valence-corrected chi connectivity index (χ3v) is 1.64. The minimum Gasteiger partial charge on any atom is -0.497 e. The molecule has 0 unspecified atom stereocenters. The molecule has 0 amide bonds. The molecule has 0 aliphatic rings. The van der Waals surface area contributed by atoms with Gasteiger partial charge in [0.1, 0.15) is 11.5 Å². The Morgan fingerprint density at radius 2 is 2.08 bits per heavy atom. The second kappa shape index (κ2) is 3.81. The zero-order valence-electron chi connectivity index (χ0n) is 7.33. The molecule has 2 heteroatoms. The zero-order chi connectivity index (χ0) is 8.97. The minimum absolute atomic E-state index is 0.647. The number of ether oxygens (including phenoxy) is 2. The van der Waals surface area contributed by atoms with Crippen molar-refractivity contribution in [2.45, 2.75) is 0 Å². The van der Waals surface area contributed by atoms with Crippen molar-refractivity contribution in [3.8, 4) is 5.75 Å². The van der Waals surface area contributed by atoms with Gasteiger partial charge in [-0.25, -0.2) is 0 Å². The lowest BCUT2D eigenvalue weighted by Crippen LogP contribution is -1.87. The lowest BCUT2D eigenvalue weighted by molar-refractivity contribution is 0.370. The van der Waals surface area contributed by atoms with Crippen LogP contribution in [0.25, 0.3) is 5.76 Å². The summed E-state index contributed by atoms with van der Waals surface area (Å²) < 4.78 is 10.0. The van der Waals surface area contributed by atoms with E-state index in [2.05, 4.69) is 6.58 Å². The summed E-state index contributed by atoms with van der Waals surface area (Å²) in [6.45, 7) is 3.74. The highest BCUT2D eigenvalue weighted by atomic mass is 16.5. The average molecular weight is 164 g/mol. The first kappa shape index (κ1) is 8.65. The van der Waals surface area contributed by atoms with Gasteiger partial charge in [0.05, 0.1) is 14.2 Å². The van der Waals surface area contributed by atoms with Gasteiger partial charge in [0.25, 0.3) is 0 Å². The van der Waals surface area contributed by atoms with Crippen LogP contribution in [-0.2, 0) is 4.74 Å². The molecule has 2 nitrogen and oxygen atoms in total. The molecule has 1 aromatic rings. The molecule has 0 radical (unpaired) electrons. The fourth-order valence-corrected chi connectivity index (χ4v) is 0.914. The normalized spacial score (nSPS) is 9.17. The van der Waals surface area contributed by atoms with Crippen molar-refractivity contribution in [3.05, 3.63) is 36.4 Å². The number of hydrogen-bond acceptors (Lipinski definition) is 2. The summed E-state index contributed by atoms with van der Waals surface area (Å²) in [7, 11) is 3.23. The number of hydrogen-bond donors (Lipinski definition) is 0. The first-order valence-corrected chi connectivity index (χ1v) is 3.65. The summed E-state index contributed by atoms with van der Waals surface area (Å²) in [4.78, 5) is 0. The maximum absolute atomic E-state index is 5.05. The Morgan fingerprint density at radius 3 is 2.67 bits per heavy atom. The van der Waals surface area contributed by atoms with Crippen LogP contribution in [0, 0.1) is 0 Å². The van der Waals surface area contributed by atoms with Gasteiger partial charge in [-0.1, -0.05) is 18.7 Å². The summed E-state index contributed by atoms with van der Waals surface area (Å²) >= 11 is 0. The molecule has 64 valence electrons. The van der Waals surface area contributed by atoms with Gasteiger partial charge in [-0.05, 0) is 12.1 Å². The minimum atomic E-state index is 0.647. The number of rotatable bonds is 3. The predicted octanol–water partition coefficient (Wildman–Crippen LogP) is 2.31. The van der Waals surface area contributed by atoms with Gasteiger partial charge >= 0.3 is 0 Å². The largest absolute Gasteiger partial charge is 0.497 e. The molecule has 12 heavy (non-hydrogen) atoms. The highest BCUT2D eigenvalue weighted by molar-refractivity contribution is 5.58. The van der Waals surface area contributed by atoms with Crippen molar-refractivity contribution in [3.63, 3.8) is 0 Å². The molecule has 1 aromatic carbocycles. The third kappa shape index (κ3) is 1.78. The van der Waals surface area contributed by atoms with E-state index in [4.69, 9.17) is 9.47 Å². The van der Waals surface area contributed by atoms with E-state index in [0.29, 0.717) is 5.76 Å². The van der Waals surface area contributed by atoms with Gasteiger partial charge in [-0.15, -0.1) is 0 Å². The molecular weight excluding hydrogens is 152 g/mol. The Labute approximate surface area is 72.4 Å². The molecule has 0 aliphatic heterocycles. The molecular formula is C10H12O2. The summed E-state index contributed by atoms with van der Waals surface area (Å²) in [5.74, 6) is 1.46. The van der Waals surface area contributed by atoms with Crippen molar-refractivity contribution in [2.75, 3.05) is 14.2 Å². The Morgan fingerprint density at radius 1 is 1.33 bits per heavy atom. The molecule has 0 saturated heterocycles. The standard InChI is InChI=1S/C10H12O2/c1-8(11-2)9-5-4-6-10(7-9)12-3/h4-7H,1H2,2-3H3. The first-order valence-electron chi connectivity index (χ1n) is 3.65. The molecule has 0 atom stereocenters. The van der Waals surface area contributed by atoms with E-state index >= 15 is 0 Å². The zero-order valence-corrected chi connectivity index (χ0v) is 7.33. The molecule has 0 fully saturated rings. The molecule has 0 N–H and O–H groups in total. The second-order valence-electron chi connectivity index (χ2n) is 2.36. The lowest BCUT2D eigenvalue weighted by Gasteiger charge is -2.05. The van der Waals surface area contributed by atoms with Crippen LogP contribution >= 0.6 is 0 Å². The average Bonchev–Trinajstić information content (AvgIpc) is 2.17. The summed E-state index contributed by atoms with van der Waals surface area (Å²) in [5.41, 5.74) is 0.942. The Balaban J connectivity index is 2.93. The van der Waals surface area contributed by atoms with Crippen LogP contribution in [0.4, 0.5) is 0 Å². The Bertz CT molecular complexity index is 279.